The smallest absolute Gasteiger partial charge is 0.308 e. The Bertz CT molecular complexity index is 548. The van der Waals surface area contributed by atoms with E-state index in [0.717, 1.165) is 16.8 Å². The molecule has 5 heteroatoms. The van der Waals surface area contributed by atoms with Gasteiger partial charge >= 0.3 is 5.97 Å². The number of aromatic nitrogens is 1. The summed E-state index contributed by atoms with van der Waals surface area (Å²) >= 11 is 0. The van der Waals surface area contributed by atoms with Crippen molar-refractivity contribution in [2.24, 2.45) is 5.92 Å². The zero-order valence-electron chi connectivity index (χ0n) is 9.73. The number of carbonyl (C=O) groups is 1. The van der Waals surface area contributed by atoms with Gasteiger partial charge in [0.15, 0.2) is 11.5 Å². The third-order valence-corrected chi connectivity index (χ3v) is 2.53. The second kappa shape index (κ2) is 4.45. The van der Waals surface area contributed by atoms with Gasteiger partial charge in [0, 0.05) is 19.2 Å². The Balaban J connectivity index is 2.11. The quantitative estimate of drug-likeness (QED) is 0.848. The van der Waals surface area contributed by atoms with E-state index in [9.17, 15) is 4.79 Å². The zero-order chi connectivity index (χ0) is 12.4. The highest BCUT2D eigenvalue weighted by Crippen LogP contribution is 2.19. The second-order valence-corrected chi connectivity index (χ2v) is 4.04. The van der Waals surface area contributed by atoms with Gasteiger partial charge in [-0.05, 0) is 18.2 Å². The van der Waals surface area contributed by atoms with Crippen LogP contribution in [0.3, 0.4) is 0 Å². The van der Waals surface area contributed by atoms with E-state index >= 15 is 0 Å². The minimum atomic E-state index is -0.809. The average Bonchev–Trinajstić information content (AvgIpc) is 2.64. The monoisotopic (exact) mass is 234 g/mol. The molecule has 0 aliphatic heterocycles. The van der Waals surface area contributed by atoms with Crippen molar-refractivity contribution in [3.8, 4) is 0 Å². The molecule has 17 heavy (non-hydrogen) atoms. The van der Waals surface area contributed by atoms with Gasteiger partial charge in [-0.1, -0.05) is 6.92 Å². The summed E-state index contributed by atoms with van der Waals surface area (Å²) in [6, 6.07) is 5.52. The maximum atomic E-state index is 10.7. The molecule has 2 aromatic rings. The van der Waals surface area contributed by atoms with Crippen molar-refractivity contribution in [1.82, 2.24) is 4.98 Å². The number of hydrogen-bond acceptors (Lipinski definition) is 4. The molecule has 0 aliphatic rings. The minimum absolute atomic E-state index is 0.387. The van der Waals surface area contributed by atoms with Gasteiger partial charge in [0.2, 0.25) is 0 Å². The number of benzene rings is 1. The third-order valence-electron chi connectivity index (χ3n) is 2.53. The molecular weight excluding hydrogens is 220 g/mol. The molecule has 1 aromatic heterocycles. The first kappa shape index (κ1) is 11.4. The van der Waals surface area contributed by atoms with E-state index in [1.54, 1.807) is 13.8 Å². The van der Waals surface area contributed by atoms with Crippen LogP contribution in [-0.2, 0) is 4.79 Å². The molecule has 1 aromatic carbocycles. The summed E-state index contributed by atoms with van der Waals surface area (Å²) in [5.41, 5.74) is 2.36. The molecule has 2 N–H and O–H groups in total. The van der Waals surface area contributed by atoms with Crippen molar-refractivity contribution in [2.75, 3.05) is 11.9 Å². The number of anilines is 1. The molecule has 1 unspecified atom stereocenters. The van der Waals surface area contributed by atoms with Crippen LogP contribution in [0.4, 0.5) is 5.69 Å². The van der Waals surface area contributed by atoms with Crippen LogP contribution in [0.25, 0.3) is 11.1 Å². The van der Waals surface area contributed by atoms with Gasteiger partial charge < -0.3 is 14.8 Å². The number of carboxylic acid groups (broad SMARTS) is 1. The summed E-state index contributed by atoms with van der Waals surface area (Å²) in [5.74, 6) is -0.614. The molecule has 0 saturated heterocycles. The summed E-state index contributed by atoms with van der Waals surface area (Å²) in [6.45, 7) is 3.84. The van der Waals surface area contributed by atoms with Crippen LogP contribution >= 0.6 is 0 Å². The van der Waals surface area contributed by atoms with Crippen LogP contribution in [-0.4, -0.2) is 22.6 Å². The Morgan fingerprint density at radius 3 is 3.06 bits per heavy atom. The first-order valence-corrected chi connectivity index (χ1v) is 5.40. The third kappa shape index (κ3) is 2.55. The molecular formula is C12H14N2O3. The van der Waals surface area contributed by atoms with Gasteiger partial charge in [0.25, 0.3) is 0 Å². The normalized spacial score (nSPS) is 12.6. The van der Waals surface area contributed by atoms with E-state index in [-0.39, 0.29) is 0 Å². The van der Waals surface area contributed by atoms with Gasteiger partial charge in [0.1, 0.15) is 5.52 Å². The topological polar surface area (TPSA) is 75.4 Å². The van der Waals surface area contributed by atoms with E-state index in [0.29, 0.717) is 12.4 Å². The van der Waals surface area contributed by atoms with Gasteiger partial charge in [0.05, 0.1) is 5.92 Å². The maximum Gasteiger partial charge on any atom is 0.308 e. The molecule has 1 heterocycles. The fourth-order valence-corrected chi connectivity index (χ4v) is 1.51. The number of aliphatic carboxylic acids is 1. The van der Waals surface area contributed by atoms with Crippen molar-refractivity contribution >= 4 is 22.8 Å². The number of fused-ring (bicyclic) bond motifs is 1. The molecule has 0 aliphatic carbocycles. The number of nitrogens with one attached hydrogen (secondary N) is 1. The number of carboxylic acids is 1. The lowest BCUT2D eigenvalue weighted by Gasteiger charge is -2.09. The number of oxazole rings is 1. The number of aryl methyl sites for hydroxylation is 1. The molecule has 5 nitrogen and oxygen atoms in total. The van der Waals surface area contributed by atoms with Crippen LogP contribution in [0.2, 0.25) is 0 Å². The fraction of sp³-hybridized carbons (Fsp3) is 0.333. The van der Waals surface area contributed by atoms with E-state index < -0.39 is 11.9 Å². The van der Waals surface area contributed by atoms with Crippen LogP contribution < -0.4 is 5.32 Å². The van der Waals surface area contributed by atoms with Crippen molar-refractivity contribution in [1.29, 1.82) is 0 Å². The Labute approximate surface area is 98.5 Å². The molecule has 0 amide bonds. The van der Waals surface area contributed by atoms with E-state index in [2.05, 4.69) is 10.3 Å². The van der Waals surface area contributed by atoms with Crippen LogP contribution in [0, 0.1) is 12.8 Å². The average molecular weight is 234 g/mol. The van der Waals surface area contributed by atoms with Gasteiger partial charge in [-0.3, -0.25) is 4.79 Å². The van der Waals surface area contributed by atoms with E-state index in [1.807, 2.05) is 18.2 Å². The molecule has 90 valence electrons. The van der Waals surface area contributed by atoms with Crippen LogP contribution in [0.15, 0.2) is 22.6 Å². The molecule has 0 spiro atoms. The Morgan fingerprint density at radius 1 is 1.59 bits per heavy atom. The van der Waals surface area contributed by atoms with E-state index in [1.165, 1.54) is 0 Å². The molecule has 0 radical (unpaired) electrons. The highest BCUT2D eigenvalue weighted by molar-refractivity contribution is 5.77. The Hall–Kier alpha value is -2.04. The molecule has 2 rings (SSSR count). The van der Waals surface area contributed by atoms with Crippen molar-refractivity contribution in [3.63, 3.8) is 0 Å². The van der Waals surface area contributed by atoms with Gasteiger partial charge in [-0.15, -0.1) is 0 Å². The minimum Gasteiger partial charge on any atom is -0.481 e. The predicted octanol–water partition coefficient (Wildman–Crippen LogP) is 2.27. The summed E-state index contributed by atoms with van der Waals surface area (Å²) < 4.78 is 5.35. The SMILES string of the molecule is Cc1nc2cc(NCC(C)C(=O)O)ccc2o1. The Kier molecular flexibility index (Phi) is 2.99. The molecule has 1 atom stereocenters. The lowest BCUT2D eigenvalue weighted by atomic mass is 10.2. The number of nitrogens with zero attached hydrogens (tertiary/aromatic N) is 1. The summed E-state index contributed by atoms with van der Waals surface area (Å²) in [4.78, 5) is 14.9. The van der Waals surface area contributed by atoms with Gasteiger partial charge in [-0.25, -0.2) is 4.98 Å². The van der Waals surface area contributed by atoms with Crippen molar-refractivity contribution < 1.29 is 14.3 Å². The fourth-order valence-electron chi connectivity index (χ4n) is 1.51. The summed E-state index contributed by atoms with van der Waals surface area (Å²) in [7, 11) is 0. The largest absolute Gasteiger partial charge is 0.481 e. The zero-order valence-corrected chi connectivity index (χ0v) is 9.73. The van der Waals surface area contributed by atoms with Crippen molar-refractivity contribution in [2.45, 2.75) is 13.8 Å². The highest BCUT2D eigenvalue weighted by atomic mass is 16.4. The predicted molar refractivity (Wildman–Crippen MR) is 64.0 cm³/mol. The summed E-state index contributed by atoms with van der Waals surface area (Å²) in [6.07, 6.45) is 0. The summed E-state index contributed by atoms with van der Waals surface area (Å²) in [5, 5.41) is 11.8. The van der Waals surface area contributed by atoms with Crippen LogP contribution in [0.1, 0.15) is 12.8 Å². The first-order valence-electron chi connectivity index (χ1n) is 5.40. The standard InChI is InChI=1S/C12H14N2O3/c1-7(12(15)16)6-13-9-3-4-11-10(5-9)14-8(2)17-11/h3-5,7,13H,6H2,1-2H3,(H,15,16). The number of rotatable bonds is 4. The maximum absolute atomic E-state index is 10.7. The first-order chi connectivity index (χ1) is 8.06. The molecule has 0 bridgehead atoms. The lowest BCUT2D eigenvalue weighted by Crippen LogP contribution is -2.19. The number of hydrogen-bond donors (Lipinski definition) is 2. The van der Waals surface area contributed by atoms with Crippen LogP contribution in [0.5, 0.6) is 0 Å². The van der Waals surface area contributed by atoms with Crippen molar-refractivity contribution in [3.05, 3.63) is 24.1 Å². The lowest BCUT2D eigenvalue weighted by molar-refractivity contribution is -0.140. The molecule has 0 fully saturated rings. The van der Waals surface area contributed by atoms with Gasteiger partial charge in [-0.2, -0.15) is 0 Å². The Morgan fingerprint density at radius 2 is 2.35 bits per heavy atom. The highest BCUT2D eigenvalue weighted by Gasteiger charge is 2.10. The van der Waals surface area contributed by atoms with E-state index in [4.69, 9.17) is 9.52 Å². The second-order valence-electron chi connectivity index (χ2n) is 4.04. The molecule has 0 saturated carbocycles.